The molecule has 8 nitrogen and oxygen atoms in total. The van der Waals surface area contributed by atoms with Crippen molar-refractivity contribution in [3.05, 3.63) is 107 Å². The van der Waals surface area contributed by atoms with E-state index in [2.05, 4.69) is 34.2 Å². The number of aryl methyl sites for hydroxylation is 3. The summed E-state index contributed by atoms with van der Waals surface area (Å²) in [6.07, 6.45) is 1.58. The van der Waals surface area contributed by atoms with E-state index in [1.54, 1.807) is 42.6 Å². The molecule has 0 aliphatic carbocycles. The Labute approximate surface area is 236 Å². The predicted molar refractivity (Wildman–Crippen MR) is 159 cm³/mol. The molecule has 0 fully saturated rings. The summed E-state index contributed by atoms with van der Waals surface area (Å²) in [5.41, 5.74) is 8.92. The Bertz CT molecular complexity index is 1620. The normalized spacial score (nSPS) is 11.5. The van der Waals surface area contributed by atoms with Gasteiger partial charge in [-0.15, -0.1) is 0 Å². The van der Waals surface area contributed by atoms with Crippen LogP contribution < -0.4 is 14.5 Å². The van der Waals surface area contributed by atoms with Gasteiger partial charge in [-0.05, 0) is 88.7 Å². The van der Waals surface area contributed by atoms with Gasteiger partial charge in [0.2, 0.25) is 0 Å². The fourth-order valence-corrected chi connectivity index (χ4v) is 5.89. The molecule has 4 rings (SSSR count). The first-order chi connectivity index (χ1) is 19.1. The number of carbonyl (C=O) groups excluding carboxylic acids is 1. The minimum Gasteiger partial charge on any atom is -0.494 e. The average Bonchev–Trinajstić information content (AvgIpc) is 3.21. The number of hydrogen-bond acceptors (Lipinski definition) is 5. The largest absolute Gasteiger partial charge is 0.494 e. The van der Waals surface area contributed by atoms with Crippen molar-refractivity contribution in [3.8, 4) is 11.4 Å². The van der Waals surface area contributed by atoms with Crippen molar-refractivity contribution in [2.24, 2.45) is 5.10 Å². The number of aromatic nitrogens is 1. The number of anilines is 1. The summed E-state index contributed by atoms with van der Waals surface area (Å²) in [6.45, 7) is 9.85. The standard InChI is InChI=1S/C31H34N4O4S/c1-6-39-28-15-17-29(18-16-28)40(37,38)34(27-13-11-22(2)12-14-27)21-31(36)33-32-20-26-19-24(4)35(25(26)5)30-10-8-7-9-23(30)3/h7-20H,6,21H2,1-5H3,(H,33,36)/b32-20-. The van der Waals surface area contributed by atoms with E-state index in [1.165, 1.54) is 12.1 Å². The molecule has 0 spiro atoms. The molecular formula is C31H34N4O4S. The van der Waals surface area contributed by atoms with E-state index in [1.807, 2.05) is 45.9 Å². The minimum absolute atomic E-state index is 0.0523. The molecule has 0 radical (unpaired) electrons. The van der Waals surface area contributed by atoms with Crippen molar-refractivity contribution in [1.29, 1.82) is 0 Å². The topological polar surface area (TPSA) is 93.0 Å². The maximum atomic E-state index is 13.6. The maximum Gasteiger partial charge on any atom is 0.264 e. The molecule has 0 aliphatic heterocycles. The zero-order valence-corrected chi connectivity index (χ0v) is 24.2. The lowest BCUT2D eigenvalue weighted by Crippen LogP contribution is -2.39. The second-order valence-electron chi connectivity index (χ2n) is 9.49. The highest BCUT2D eigenvalue weighted by Gasteiger charge is 2.27. The van der Waals surface area contributed by atoms with E-state index in [0.717, 1.165) is 38.1 Å². The fraction of sp³-hybridized carbons (Fsp3) is 0.226. The van der Waals surface area contributed by atoms with Gasteiger partial charge >= 0.3 is 0 Å². The van der Waals surface area contributed by atoms with Gasteiger partial charge in [-0.1, -0.05) is 35.9 Å². The molecule has 1 aromatic heterocycles. The van der Waals surface area contributed by atoms with E-state index in [9.17, 15) is 13.2 Å². The molecule has 1 amide bonds. The molecule has 0 aliphatic rings. The zero-order valence-electron chi connectivity index (χ0n) is 23.4. The second kappa shape index (κ2) is 12.2. The van der Waals surface area contributed by atoms with Crippen molar-refractivity contribution < 1.29 is 17.9 Å². The Morgan fingerprint density at radius 1 is 0.975 bits per heavy atom. The fourth-order valence-electron chi connectivity index (χ4n) is 4.47. The molecule has 0 bridgehead atoms. The zero-order chi connectivity index (χ0) is 28.9. The van der Waals surface area contributed by atoms with Crippen LogP contribution in [-0.4, -0.2) is 38.3 Å². The molecule has 1 N–H and O–H groups in total. The lowest BCUT2D eigenvalue weighted by atomic mass is 10.2. The molecule has 0 saturated carbocycles. The van der Waals surface area contributed by atoms with Crippen molar-refractivity contribution in [2.75, 3.05) is 17.5 Å². The van der Waals surface area contributed by atoms with Crippen molar-refractivity contribution in [3.63, 3.8) is 0 Å². The number of sulfonamides is 1. The molecule has 3 aromatic carbocycles. The number of carbonyl (C=O) groups is 1. The van der Waals surface area contributed by atoms with Gasteiger partial charge in [-0.2, -0.15) is 5.10 Å². The number of para-hydroxylation sites is 1. The van der Waals surface area contributed by atoms with Crippen LogP contribution in [0.2, 0.25) is 0 Å². The highest BCUT2D eigenvalue weighted by Crippen LogP contribution is 2.26. The molecule has 0 unspecified atom stereocenters. The van der Waals surface area contributed by atoms with Crippen LogP contribution in [0.15, 0.2) is 88.9 Å². The molecule has 0 saturated heterocycles. The summed E-state index contributed by atoms with van der Waals surface area (Å²) < 4.78 is 35.9. The quantitative estimate of drug-likeness (QED) is 0.207. The van der Waals surface area contributed by atoms with Crippen LogP contribution in [0.25, 0.3) is 5.69 Å². The average molecular weight is 559 g/mol. The highest BCUT2D eigenvalue weighted by atomic mass is 32.2. The van der Waals surface area contributed by atoms with E-state index < -0.39 is 22.5 Å². The van der Waals surface area contributed by atoms with Crippen molar-refractivity contribution >= 4 is 27.8 Å². The third-order valence-electron chi connectivity index (χ3n) is 6.55. The molecule has 1 heterocycles. The highest BCUT2D eigenvalue weighted by molar-refractivity contribution is 7.92. The smallest absolute Gasteiger partial charge is 0.264 e. The summed E-state index contributed by atoms with van der Waals surface area (Å²) in [7, 11) is -4.05. The molecular weight excluding hydrogens is 524 g/mol. The van der Waals surface area contributed by atoms with Gasteiger partial charge in [0.1, 0.15) is 12.3 Å². The SMILES string of the molecule is CCOc1ccc(S(=O)(=O)N(CC(=O)N/N=C\c2cc(C)n(-c3ccccc3C)c2C)c2ccc(C)cc2)cc1. The first-order valence-electron chi connectivity index (χ1n) is 13.0. The van der Waals surface area contributed by atoms with Crippen LogP contribution in [-0.2, 0) is 14.8 Å². The lowest BCUT2D eigenvalue weighted by Gasteiger charge is -2.24. The van der Waals surface area contributed by atoms with Crippen LogP contribution in [0, 0.1) is 27.7 Å². The Morgan fingerprint density at radius 3 is 2.30 bits per heavy atom. The summed E-state index contributed by atoms with van der Waals surface area (Å²) in [4.78, 5) is 13.0. The van der Waals surface area contributed by atoms with Crippen molar-refractivity contribution in [2.45, 2.75) is 39.5 Å². The number of nitrogens with zero attached hydrogens (tertiary/aromatic N) is 3. The monoisotopic (exact) mass is 558 g/mol. The maximum absolute atomic E-state index is 13.6. The Morgan fingerprint density at radius 2 is 1.65 bits per heavy atom. The molecule has 9 heteroatoms. The third-order valence-corrected chi connectivity index (χ3v) is 8.34. The number of nitrogens with one attached hydrogen (secondary N) is 1. The van der Waals surface area contributed by atoms with Gasteiger partial charge in [0, 0.05) is 22.6 Å². The van der Waals surface area contributed by atoms with E-state index in [0.29, 0.717) is 18.0 Å². The summed E-state index contributed by atoms with van der Waals surface area (Å²) in [6, 6.07) is 23.2. The summed E-state index contributed by atoms with van der Waals surface area (Å²) in [5, 5.41) is 4.14. The molecule has 4 aromatic rings. The van der Waals surface area contributed by atoms with Gasteiger partial charge in [0.05, 0.1) is 23.4 Å². The molecule has 40 heavy (non-hydrogen) atoms. The van der Waals surface area contributed by atoms with Crippen molar-refractivity contribution in [1.82, 2.24) is 9.99 Å². The van der Waals surface area contributed by atoms with E-state index >= 15 is 0 Å². The van der Waals surface area contributed by atoms with E-state index in [4.69, 9.17) is 4.74 Å². The number of rotatable bonds is 10. The number of hydrogen-bond donors (Lipinski definition) is 1. The van der Waals surface area contributed by atoms with Crippen LogP contribution in [0.3, 0.4) is 0 Å². The van der Waals surface area contributed by atoms with Gasteiger partial charge in [-0.25, -0.2) is 13.8 Å². The van der Waals surface area contributed by atoms with Gasteiger partial charge in [0.15, 0.2) is 0 Å². The second-order valence-corrected chi connectivity index (χ2v) is 11.4. The third kappa shape index (κ3) is 6.26. The summed E-state index contributed by atoms with van der Waals surface area (Å²) >= 11 is 0. The predicted octanol–water partition coefficient (Wildman–Crippen LogP) is 5.46. The van der Waals surface area contributed by atoms with Gasteiger partial charge in [0.25, 0.3) is 15.9 Å². The van der Waals surface area contributed by atoms with Crippen LogP contribution in [0.1, 0.15) is 35.0 Å². The Kier molecular flexibility index (Phi) is 8.74. The van der Waals surface area contributed by atoms with Gasteiger partial charge in [-0.3, -0.25) is 9.10 Å². The lowest BCUT2D eigenvalue weighted by molar-refractivity contribution is -0.119. The Hall–Kier alpha value is -4.37. The van der Waals surface area contributed by atoms with Gasteiger partial charge < -0.3 is 9.30 Å². The summed E-state index contributed by atoms with van der Waals surface area (Å²) in [5.74, 6) is -0.00347. The first kappa shape index (κ1) is 28.6. The van der Waals surface area contributed by atoms with E-state index in [-0.39, 0.29) is 4.90 Å². The van der Waals surface area contributed by atoms with Crippen LogP contribution >= 0.6 is 0 Å². The number of amides is 1. The molecule has 0 atom stereocenters. The van der Waals surface area contributed by atoms with Crippen LogP contribution in [0.5, 0.6) is 5.75 Å². The van der Waals surface area contributed by atoms with Crippen LogP contribution in [0.4, 0.5) is 5.69 Å². The number of benzene rings is 3. The molecule has 208 valence electrons. The number of ether oxygens (including phenoxy) is 1. The minimum atomic E-state index is -4.05. The Balaban J connectivity index is 1.55. The number of hydrazone groups is 1. The first-order valence-corrected chi connectivity index (χ1v) is 14.4.